The molecule has 0 radical (unpaired) electrons. The summed E-state index contributed by atoms with van der Waals surface area (Å²) in [7, 11) is 0. The van der Waals surface area contributed by atoms with Gasteiger partial charge < -0.3 is 5.32 Å². The van der Waals surface area contributed by atoms with E-state index in [1.54, 1.807) is 0 Å². The number of hydrogen-bond donors (Lipinski definition) is 2. The summed E-state index contributed by atoms with van der Waals surface area (Å²) in [4.78, 5) is 0. The van der Waals surface area contributed by atoms with Crippen LogP contribution in [0.2, 0.25) is 0 Å². The second kappa shape index (κ2) is 4.79. The van der Waals surface area contributed by atoms with E-state index in [2.05, 4.69) is 29.4 Å². The Morgan fingerprint density at radius 1 is 1.60 bits per heavy atom. The van der Waals surface area contributed by atoms with Crippen molar-refractivity contribution >= 4 is 0 Å². The number of nitrogens with one attached hydrogen (secondary N) is 2. The highest BCUT2D eigenvalue weighted by Crippen LogP contribution is 2.34. The topological polar surface area (TPSA) is 40.7 Å². The summed E-state index contributed by atoms with van der Waals surface area (Å²) in [6, 6.07) is 0.687. The van der Waals surface area contributed by atoms with E-state index in [9.17, 15) is 0 Å². The molecule has 1 aromatic rings. The van der Waals surface area contributed by atoms with E-state index in [0.29, 0.717) is 6.04 Å². The summed E-state index contributed by atoms with van der Waals surface area (Å²) in [5.74, 6) is 1.01. The second-order valence-corrected chi connectivity index (χ2v) is 4.69. The van der Waals surface area contributed by atoms with Crippen LogP contribution in [-0.4, -0.2) is 16.2 Å². The molecule has 1 aliphatic carbocycles. The Kier molecular flexibility index (Phi) is 3.41. The van der Waals surface area contributed by atoms with Gasteiger partial charge in [0, 0.05) is 23.8 Å². The molecule has 1 aromatic heterocycles. The Balaban J connectivity index is 1.77. The molecular formula is C12H21N3. The molecule has 3 heteroatoms. The summed E-state index contributed by atoms with van der Waals surface area (Å²) >= 11 is 0. The van der Waals surface area contributed by atoms with Crippen LogP contribution in [0.5, 0.6) is 0 Å². The third-order valence-corrected chi connectivity index (χ3v) is 3.32. The lowest BCUT2D eigenvalue weighted by molar-refractivity contribution is 0.444. The summed E-state index contributed by atoms with van der Waals surface area (Å²) in [5, 5.41) is 10.6. The van der Waals surface area contributed by atoms with Gasteiger partial charge in [0.2, 0.25) is 0 Å². The molecule has 1 aliphatic rings. The highest BCUT2D eigenvalue weighted by molar-refractivity contribution is 5.13. The first-order valence-electron chi connectivity index (χ1n) is 6.01. The molecule has 1 heterocycles. The van der Waals surface area contributed by atoms with E-state index in [1.165, 1.54) is 36.9 Å². The number of hydrogen-bond acceptors (Lipinski definition) is 2. The van der Waals surface area contributed by atoms with E-state index in [4.69, 9.17) is 0 Å². The fourth-order valence-corrected chi connectivity index (χ4v) is 1.96. The summed E-state index contributed by atoms with van der Waals surface area (Å²) in [5.41, 5.74) is 2.48. The van der Waals surface area contributed by atoms with Crippen LogP contribution in [0.1, 0.15) is 43.9 Å². The van der Waals surface area contributed by atoms with Crippen LogP contribution in [0.4, 0.5) is 0 Å². The Bertz CT molecular complexity index is 302. The van der Waals surface area contributed by atoms with Crippen LogP contribution >= 0.6 is 0 Å². The van der Waals surface area contributed by atoms with Gasteiger partial charge in [-0.1, -0.05) is 19.8 Å². The Hall–Kier alpha value is -0.830. The number of aryl methyl sites for hydroxylation is 1. The van der Waals surface area contributed by atoms with Gasteiger partial charge in [-0.2, -0.15) is 5.10 Å². The molecule has 0 bridgehead atoms. The second-order valence-electron chi connectivity index (χ2n) is 4.69. The molecular weight excluding hydrogens is 186 g/mol. The van der Waals surface area contributed by atoms with E-state index < -0.39 is 0 Å². The Morgan fingerprint density at radius 3 is 2.93 bits per heavy atom. The van der Waals surface area contributed by atoms with Crippen molar-refractivity contribution < 1.29 is 0 Å². The fraction of sp³-hybridized carbons (Fsp3) is 0.750. The van der Waals surface area contributed by atoms with Gasteiger partial charge in [-0.3, -0.25) is 5.10 Å². The number of nitrogens with zero attached hydrogens (tertiary/aromatic N) is 1. The number of rotatable bonds is 6. The first-order chi connectivity index (χ1) is 7.29. The standard InChI is InChI=1S/C12H21N3/c1-3-12(6-10-4-5-10)13-7-11-8-14-15-9(11)2/h8,10,12-13H,3-7H2,1-2H3,(H,14,15). The number of H-pyrrole nitrogens is 1. The van der Waals surface area contributed by atoms with E-state index in [0.717, 1.165) is 12.5 Å². The minimum atomic E-state index is 0.687. The van der Waals surface area contributed by atoms with Gasteiger partial charge in [-0.25, -0.2) is 0 Å². The highest BCUT2D eigenvalue weighted by Gasteiger charge is 2.24. The van der Waals surface area contributed by atoms with Gasteiger partial charge in [0.1, 0.15) is 0 Å². The third-order valence-electron chi connectivity index (χ3n) is 3.32. The van der Waals surface area contributed by atoms with Gasteiger partial charge in [-0.05, 0) is 25.7 Å². The average Bonchev–Trinajstić information content (AvgIpc) is 2.96. The molecule has 0 aromatic carbocycles. The lowest BCUT2D eigenvalue weighted by Gasteiger charge is -2.16. The monoisotopic (exact) mass is 207 g/mol. The molecule has 1 atom stereocenters. The number of aromatic nitrogens is 2. The minimum Gasteiger partial charge on any atom is -0.310 e. The van der Waals surface area contributed by atoms with Gasteiger partial charge in [0.15, 0.2) is 0 Å². The quantitative estimate of drug-likeness (QED) is 0.752. The Labute approximate surface area is 91.7 Å². The van der Waals surface area contributed by atoms with Gasteiger partial charge in [0.25, 0.3) is 0 Å². The number of aromatic amines is 1. The van der Waals surface area contributed by atoms with Crippen LogP contribution in [0.3, 0.4) is 0 Å². The molecule has 0 spiro atoms. The van der Waals surface area contributed by atoms with Crippen molar-refractivity contribution in [3.05, 3.63) is 17.5 Å². The predicted octanol–water partition coefficient (Wildman–Crippen LogP) is 2.39. The van der Waals surface area contributed by atoms with Crippen molar-refractivity contribution in [2.24, 2.45) is 5.92 Å². The molecule has 0 saturated heterocycles. The van der Waals surface area contributed by atoms with Crippen LogP contribution in [0.15, 0.2) is 6.20 Å². The zero-order chi connectivity index (χ0) is 10.7. The SMILES string of the molecule is CCC(CC1CC1)NCc1cn[nH]c1C. The minimum absolute atomic E-state index is 0.687. The van der Waals surface area contributed by atoms with Crippen LogP contribution in [0.25, 0.3) is 0 Å². The summed E-state index contributed by atoms with van der Waals surface area (Å²) < 4.78 is 0. The van der Waals surface area contributed by atoms with Crippen molar-refractivity contribution in [2.75, 3.05) is 0 Å². The smallest absolute Gasteiger partial charge is 0.0535 e. The van der Waals surface area contributed by atoms with E-state index >= 15 is 0 Å². The molecule has 1 unspecified atom stereocenters. The van der Waals surface area contributed by atoms with E-state index in [-0.39, 0.29) is 0 Å². The maximum atomic E-state index is 4.03. The van der Waals surface area contributed by atoms with E-state index in [1.807, 2.05) is 6.20 Å². The Morgan fingerprint density at radius 2 is 2.40 bits per heavy atom. The van der Waals surface area contributed by atoms with Crippen molar-refractivity contribution in [3.8, 4) is 0 Å². The molecule has 15 heavy (non-hydrogen) atoms. The highest BCUT2D eigenvalue weighted by atomic mass is 15.1. The van der Waals surface area contributed by atoms with Crippen LogP contribution in [0, 0.1) is 12.8 Å². The van der Waals surface area contributed by atoms with Crippen molar-refractivity contribution in [2.45, 2.75) is 52.1 Å². The predicted molar refractivity (Wildman–Crippen MR) is 61.6 cm³/mol. The molecule has 2 rings (SSSR count). The van der Waals surface area contributed by atoms with Crippen LogP contribution < -0.4 is 5.32 Å². The summed E-state index contributed by atoms with van der Waals surface area (Å²) in [6.45, 7) is 5.29. The molecule has 0 aliphatic heterocycles. The van der Waals surface area contributed by atoms with Gasteiger partial charge in [0.05, 0.1) is 6.20 Å². The average molecular weight is 207 g/mol. The first-order valence-corrected chi connectivity index (χ1v) is 6.01. The molecule has 3 nitrogen and oxygen atoms in total. The van der Waals surface area contributed by atoms with Gasteiger partial charge >= 0.3 is 0 Å². The van der Waals surface area contributed by atoms with Crippen molar-refractivity contribution in [3.63, 3.8) is 0 Å². The molecule has 1 saturated carbocycles. The maximum Gasteiger partial charge on any atom is 0.0535 e. The lowest BCUT2D eigenvalue weighted by Crippen LogP contribution is -2.28. The zero-order valence-corrected chi connectivity index (χ0v) is 9.71. The third kappa shape index (κ3) is 3.06. The lowest BCUT2D eigenvalue weighted by atomic mass is 10.1. The molecule has 0 amide bonds. The fourth-order valence-electron chi connectivity index (χ4n) is 1.96. The normalized spacial score (nSPS) is 18.0. The molecule has 84 valence electrons. The molecule has 2 N–H and O–H groups in total. The van der Waals surface area contributed by atoms with Crippen LogP contribution in [-0.2, 0) is 6.54 Å². The van der Waals surface area contributed by atoms with Crippen molar-refractivity contribution in [1.82, 2.24) is 15.5 Å². The molecule has 1 fully saturated rings. The zero-order valence-electron chi connectivity index (χ0n) is 9.71. The first kappa shape index (κ1) is 10.7. The maximum absolute atomic E-state index is 4.03. The van der Waals surface area contributed by atoms with Gasteiger partial charge in [-0.15, -0.1) is 0 Å². The largest absolute Gasteiger partial charge is 0.310 e. The summed E-state index contributed by atoms with van der Waals surface area (Å²) in [6.07, 6.45) is 7.40. The van der Waals surface area contributed by atoms with Crippen molar-refractivity contribution in [1.29, 1.82) is 0 Å².